The van der Waals surface area contributed by atoms with Gasteiger partial charge in [-0.25, -0.2) is 0 Å². The fourth-order valence-corrected chi connectivity index (χ4v) is 5.16. The molecule has 4 rings (SSSR count). The van der Waals surface area contributed by atoms with Crippen molar-refractivity contribution < 1.29 is 56.1 Å². The molecule has 11 nitrogen and oxygen atoms in total. The van der Waals surface area contributed by atoms with Gasteiger partial charge in [-0.05, 0) is 73.5 Å². The zero-order chi connectivity index (χ0) is 38.8. The number of hydrogen-bond donors (Lipinski definition) is 1. The van der Waals surface area contributed by atoms with Crippen molar-refractivity contribution >= 4 is 35.4 Å². The Morgan fingerprint density at radius 1 is 0.698 bits per heavy atom. The van der Waals surface area contributed by atoms with E-state index in [0.717, 1.165) is 24.3 Å². The van der Waals surface area contributed by atoms with Gasteiger partial charge in [-0.3, -0.25) is 24.0 Å². The van der Waals surface area contributed by atoms with Gasteiger partial charge < -0.3 is 29.2 Å². The molecule has 0 aliphatic carbocycles. The summed E-state index contributed by atoms with van der Waals surface area (Å²) in [6.07, 6.45) is -4.92. The van der Waals surface area contributed by atoms with Crippen LogP contribution in [0.1, 0.15) is 51.3 Å². The molecule has 278 valence electrons. The van der Waals surface area contributed by atoms with Crippen molar-refractivity contribution in [2.45, 2.75) is 31.9 Å². The SMILES string of the molecule is CCOC(=O)C(COC(=O)Cc1ccc(NC(=O)c2ccccc2Oc2ccc(C(F)(F)F)cc2)c(C(=O)N(C)C)c1)(C(=O)OCC)c1ccccc1. The molecule has 2 amide bonds. The van der Waals surface area contributed by atoms with Crippen LogP contribution in [0.3, 0.4) is 0 Å². The van der Waals surface area contributed by atoms with Gasteiger partial charge in [0.25, 0.3) is 11.8 Å². The average Bonchev–Trinajstić information content (AvgIpc) is 3.13. The van der Waals surface area contributed by atoms with E-state index in [1.165, 1.54) is 61.5 Å². The first-order chi connectivity index (χ1) is 25.2. The monoisotopic (exact) mass is 734 g/mol. The molecular weight excluding hydrogens is 697 g/mol. The first kappa shape index (κ1) is 39.6. The second-order valence-electron chi connectivity index (χ2n) is 11.7. The van der Waals surface area contributed by atoms with Crippen molar-refractivity contribution in [1.29, 1.82) is 0 Å². The first-order valence-corrected chi connectivity index (χ1v) is 16.4. The summed E-state index contributed by atoms with van der Waals surface area (Å²) in [7, 11) is 2.99. The average molecular weight is 735 g/mol. The van der Waals surface area contributed by atoms with Gasteiger partial charge >= 0.3 is 24.1 Å². The molecule has 14 heteroatoms. The Hall–Kier alpha value is -6.18. The summed E-state index contributed by atoms with van der Waals surface area (Å²) in [5.74, 6) is -3.86. The van der Waals surface area contributed by atoms with E-state index in [4.69, 9.17) is 18.9 Å². The molecule has 0 saturated heterocycles. The van der Waals surface area contributed by atoms with Crippen molar-refractivity contribution in [3.05, 3.63) is 125 Å². The van der Waals surface area contributed by atoms with Crippen LogP contribution in [-0.2, 0) is 46.6 Å². The predicted octanol–water partition coefficient (Wildman–Crippen LogP) is 6.60. The number of carbonyl (C=O) groups excluding carboxylic acids is 5. The third kappa shape index (κ3) is 9.58. The van der Waals surface area contributed by atoms with Crippen molar-refractivity contribution in [3.8, 4) is 11.5 Å². The summed E-state index contributed by atoms with van der Waals surface area (Å²) in [5, 5.41) is 2.68. The number of anilines is 1. The van der Waals surface area contributed by atoms with Crippen LogP contribution in [0, 0.1) is 0 Å². The van der Waals surface area contributed by atoms with Crippen LogP contribution in [0.2, 0.25) is 0 Å². The van der Waals surface area contributed by atoms with E-state index >= 15 is 0 Å². The number of halogens is 3. The molecule has 1 N–H and O–H groups in total. The van der Waals surface area contributed by atoms with Gasteiger partial charge in [0.1, 0.15) is 18.1 Å². The van der Waals surface area contributed by atoms with E-state index in [2.05, 4.69) is 5.32 Å². The smallest absolute Gasteiger partial charge is 0.416 e. The van der Waals surface area contributed by atoms with Crippen LogP contribution in [0.25, 0.3) is 0 Å². The summed E-state index contributed by atoms with van der Waals surface area (Å²) in [5.41, 5.74) is -2.32. The van der Waals surface area contributed by atoms with Gasteiger partial charge in [0.2, 0.25) is 5.41 Å². The second kappa shape index (κ2) is 17.4. The highest BCUT2D eigenvalue weighted by Crippen LogP contribution is 2.33. The highest BCUT2D eigenvalue weighted by atomic mass is 19.4. The van der Waals surface area contributed by atoms with Crippen LogP contribution in [0.5, 0.6) is 11.5 Å². The third-order valence-corrected chi connectivity index (χ3v) is 7.82. The Labute approximate surface area is 303 Å². The normalized spacial score (nSPS) is 11.2. The first-order valence-electron chi connectivity index (χ1n) is 16.4. The Kier molecular flexibility index (Phi) is 13.0. The second-order valence-corrected chi connectivity index (χ2v) is 11.7. The summed E-state index contributed by atoms with van der Waals surface area (Å²) in [6.45, 7) is 2.31. The number of nitrogens with one attached hydrogen (secondary N) is 1. The summed E-state index contributed by atoms with van der Waals surface area (Å²) in [4.78, 5) is 67.8. The molecule has 0 aliphatic rings. The number of nitrogens with zero attached hydrogens (tertiary/aromatic N) is 1. The Bertz CT molecular complexity index is 1930. The lowest BCUT2D eigenvalue weighted by atomic mass is 9.81. The van der Waals surface area contributed by atoms with Crippen LogP contribution in [0.4, 0.5) is 18.9 Å². The maximum Gasteiger partial charge on any atom is 0.416 e. The molecular formula is C39H37F3N2O9. The molecule has 0 radical (unpaired) electrons. The van der Waals surface area contributed by atoms with E-state index in [1.54, 1.807) is 44.2 Å². The lowest BCUT2D eigenvalue weighted by molar-refractivity contribution is -0.170. The molecule has 0 spiro atoms. The molecule has 0 unspecified atom stereocenters. The van der Waals surface area contributed by atoms with Crippen LogP contribution < -0.4 is 10.1 Å². The molecule has 0 atom stereocenters. The molecule has 53 heavy (non-hydrogen) atoms. The molecule has 0 fully saturated rings. The van der Waals surface area contributed by atoms with Gasteiger partial charge in [-0.1, -0.05) is 48.5 Å². The quantitative estimate of drug-likeness (QED) is 0.0863. The van der Waals surface area contributed by atoms with Crippen LogP contribution in [-0.4, -0.2) is 68.5 Å². The number of hydrogen-bond acceptors (Lipinski definition) is 9. The highest BCUT2D eigenvalue weighted by Gasteiger charge is 2.52. The molecule has 0 aliphatic heterocycles. The molecule has 0 heterocycles. The van der Waals surface area contributed by atoms with Gasteiger partial charge in [0.05, 0.1) is 42.0 Å². The summed E-state index contributed by atoms with van der Waals surface area (Å²) < 4.78 is 60.7. The van der Waals surface area contributed by atoms with Crippen molar-refractivity contribution in [3.63, 3.8) is 0 Å². The number of rotatable bonds is 14. The van der Waals surface area contributed by atoms with Crippen LogP contribution in [0.15, 0.2) is 97.1 Å². The lowest BCUT2D eigenvalue weighted by Crippen LogP contribution is -2.50. The molecule has 4 aromatic carbocycles. The maximum absolute atomic E-state index is 13.5. The number of ether oxygens (including phenoxy) is 4. The van der Waals surface area contributed by atoms with Crippen molar-refractivity contribution in [1.82, 2.24) is 4.90 Å². The van der Waals surface area contributed by atoms with E-state index in [-0.39, 0.29) is 53.5 Å². The fourth-order valence-electron chi connectivity index (χ4n) is 5.16. The number of alkyl halides is 3. The number of para-hydroxylation sites is 1. The third-order valence-electron chi connectivity index (χ3n) is 7.82. The number of amides is 2. The maximum atomic E-state index is 13.5. The summed E-state index contributed by atoms with van der Waals surface area (Å²) in [6, 6.07) is 22.3. The molecule has 0 bridgehead atoms. The zero-order valence-corrected chi connectivity index (χ0v) is 29.3. The highest BCUT2D eigenvalue weighted by molar-refractivity contribution is 6.10. The van der Waals surface area contributed by atoms with Crippen molar-refractivity contribution in [2.75, 3.05) is 39.2 Å². The van der Waals surface area contributed by atoms with Gasteiger partial charge in [0, 0.05) is 14.1 Å². The van der Waals surface area contributed by atoms with Crippen molar-refractivity contribution in [2.24, 2.45) is 0 Å². The standard InChI is InChI=1S/C39H37F3N2O9/c1-5-50-36(48)38(37(49)51-6-2,26-12-8-7-9-13-26)24-52-33(45)23-25-16-21-31(30(22-25)35(47)44(3)4)43-34(46)29-14-10-11-15-32(29)53-28-19-17-27(18-20-28)39(40,41)42/h7-22H,5-6,23-24H2,1-4H3,(H,43,46). The number of carbonyl (C=O) groups is 5. The minimum absolute atomic E-state index is 0.0199. The topological polar surface area (TPSA) is 138 Å². The van der Waals surface area contributed by atoms with Gasteiger partial charge in [-0.2, -0.15) is 13.2 Å². The lowest BCUT2D eigenvalue weighted by Gasteiger charge is -2.29. The zero-order valence-electron chi connectivity index (χ0n) is 29.3. The van der Waals surface area contributed by atoms with Gasteiger partial charge in [0.15, 0.2) is 0 Å². The number of benzene rings is 4. The van der Waals surface area contributed by atoms with E-state index in [1.807, 2.05) is 0 Å². The molecule has 4 aromatic rings. The minimum Gasteiger partial charge on any atom is -0.465 e. The van der Waals surface area contributed by atoms with E-state index in [0.29, 0.717) is 5.56 Å². The Morgan fingerprint density at radius 3 is 1.89 bits per heavy atom. The van der Waals surface area contributed by atoms with E-state index in [9.17, 15) is 37.1 Å². The van der Waals surface area contributed by atoms with Gasteiger partial charge in [-0.15, -0.1) is 0 Å². The Balaban J connectivity index is 1.57. The molecule has 0 aromatic heterocycles. The number of esters is 3. The largest absolute Gasteiger partial charge is 0.465 e. The predicted molar refractivity (Wildman–Crippen MR) is 186 cm³/mol. The minimum atomic E-state index is -4.53. The van der Waals surface area contributed by atoms with Crippen LogP contribution >= 0.6 is 0 Å². The summed E-state index contributed by atoms with van der Waals surface area (Å²) >= 11 is 0. The fraction of sp³-hybridized carbons (Fsp3) is 0.256. The van der Waals surface area contributed by atoms with E-state index < -0.39 is 53.5 Å². The molecule has 0 saturated carbocycles. The Morgan fingerprint density at radius 2 is 1.30 bits per heavy atom.